The fourth-order valence-electron chi connectivity index (χ4n) is 7.29. The number of benzene rings is 1. The normalized spacial score (nSPS) is 24.1. The number of β-amino-alcohol motifs (C(OH)–C–C–N with tert-alkyl or cyclic N) is 1. The summed E-state index contributed by atoms with van der Waals surface area (Å²) >= 11 is 0. The predicted octanol–water partition coefficient (Wildman–Crippen LogP) is 6.12. The minimum Gasteiger partial charge on any atom is -0.496 e. The van der Waals surface area contributed by atoms with Gasteiger partial charge >= 0.3 is 6.09 Å². The highest BCUT2D eigenvalue weighted by atomic mass is 16.6. The minimum absolute atomic E-state index is 0.0375. The lowest BCUT2D eigenvalue weighted by molar-refractivity contribution is -0.128. The van der Waals surface area contributed by atoms with Crippen LogP contribution in [0.4, 0.5) is 4.79 Å². The molecule has 2 saturated carbocycles. The molecule has 6 rings (SSSR count). The maximum Gasteiger partial charge on any atom is 0.410 e. The molecule has 1 aromatic carbocycles. The Morgan fingerprint density at radius 2 is 1.83 bits per heavy atom. The lowest BCUT2D eigenvalue weighted by atomic mass is 9.74. The van der Waals surface area contributed by atoms with Crippen LogP contribution in [0.25, 0.3) is 11.3 Å². The maximum atomic E-state index is 13.8. The van der Waals surface area contributed by atoms with E-state index in [9.17, 15) is 14.7 Å². The molecule has 1 saturated heterocycles. The fraction of sp³-hybridized carbons (Fsp3) is 0.556. The standard InChI is InChI=1S/C36H46N4O6/c1-4-33-38-31(21-45-33)27-15-16-37-30(18-27)34(24-7-5-23(6-8-24)26-11-14-32(44-3)22(2)17-26)39-35(42)25-9-12-29(13-10-25)46-36(43)40-19-28(41)20-40/h11,14-18,21,23-25,28-29,34,41H,4-10,12-13,19-20H2,1-3H3,(H,39,42). The summed E-state index contributed by atoms with van der Waals surface area (Å²) in [4.78, 5) is 37.1. The Labute approximate surface area is 270 Å². The zero-order chi connectivity index (χ0) is 32.2. The number of methoxy groups -OCH3 is 1. The van der Waals surface area contributed by atoms with Crippen molar-refractivity contribution in [3.05, 3.63) is 65.5 Å². The van der Waals surface area contributed by atoms with E-state index in [0.29, 0.717) is 50.6 Å². The van der Waals surface area contributed by atoms with E-state index in [1.807, 2.05) is 19.1 Å². The summed E-state index contributed by atoms with van der Waals surface area (Å²) in [5.41, 5.74) is 5.03. The summed E-state index contributed by atoms with van der Waals surface area (Å²) in [6.07, 6.45) is 9.82. The van der Waals surface area contributed by atoms with Crippen molar-refractivity contribution in [3.8, 4) is 17.0 Å². The van der Waals surface area contributed by atoms with Crippen LogP contribution >= 0.6 is 0 Å². The van der Waals surface area contributed by atoms with Crippen LogP contribution in [0.15, 0.2) is 47.2 Å². The molecular formula is C36H46N4O6. The number of aliphatic hydroxyl groups excluding tert-OH is 1. The number of hydrogen-bond donors (Lipinski definition) is 2. The van der Waals surface area contributed by atoms with Gasteiger partial charge in [0.25, 0.3) is 0 Å². The Morgan fingerprint density at radius 3 is 2.48 bits per heavy atom. The number of ether oxygens (including phenoxy) is 2. The number of nitrogens with one attached hydrogen (secondary N) is 1. The van der Waals surface area contributed by atoms with Crippen LogP contribution in [0.5, 0.6) is 5.75 Å². The summed E-state index contributed by atoms with van der Waals surface area (Å²) in [5.74, 6) is 2.20. The molecule has 3 aliphatic rings. The molecular weight excluding hydrogens is 584 g/mol. The van der Waals surface area contributed by atoms with Crippen LogP contribution in [0, 0.1) is 18.8 Å². The fourth-order valence-corrected chi connectivity index (χ4v) is 7.29. The average Bonchev–Trinajstić information content (AvgIpc) is 3.56. The first kappa shape index (κ1) is 32.0. The highest BCUT2D eigenvalue weighted by Gasteiger charge is 2.36. The van der Waals surface area contributed by atoms with E-state index in [0.717, 1.165) is 60.4 Å². The zero-order valence-electron chi connectivity index (χ0n) is 27.1. The molecule has 246 valence electrons. The predicted molar refractivity (Wildman–Crippen MR) is 172 cm³/mol. The first-order valence-corrected chi connectivity index (χ1v) is 16.8. The molecule has 1 aliphatic heterocycles. The van der Waals surface area contributed by atoms with Crippen LogP contribution in [-0.4, -0.2) is 64.4 Å². The number of aliphatic hydroxyl groups is 1. The third-order valence-corrected chi connectivity index (χ3v) is 10.1. The van der Waals surface area contributed by atoms with E-state index in [1.54, 1.807) is 19.6 Å². The third kappa shape index (κ3) is 7.22. The molecule has 0 spiro atoms. The van der Waals surface area contributed by atoms with Crippen molar-refractivity contribution >= 4 is 12.0 Å². The Balaban J connectivity index is 1.14. The molecule has 0 bridgehead atoms. The van der Waals surface area contributed by atoms with Crippen molar-refractivity contribution in [2.24, 2.45) is 11.8 Å². The van der Waals surface area contributed by atoms with Crippen LogP contribution in [0.1, 0.15) is 93.0 Å². The number of aromatic nitrogens is 2. The number of aryl methyl sites for hydroxylation is 2. The van der Waals surface area contributed by atoms with Crippen molar-refractivity contribution < 1.29 is 28.6 Å². The molecule has 1 atom stereocenters. The largest absolute Gasteiger partial charge is 0.496 e. The monoisotopic (exact) mass is 630 g/mol. The molecule has 0 radical (unpaired) electrons. The van der Waals surface area contributed by atoms with E-state index in [4.69, 9.17) is 18.9 Å². The first-order chi connectivity index (χ1) is 22.3. The summed E-state index contributed by atoms with van der Waals surface area (Å²) in [5, 5.41) is 12.9. The van der Waals surface area contributed by atoms with Gasteiger partial charge in [-0.15, -0.1) is 0 Å². The highest BCUT2D eigenvalue weighted by Crippen LogP contribution is 2.42. The topological polar surface area (TPSA) is 127 Å². The number of amides is 2. The minimum atomic E-state index is -0.457. The van der Waals surface area contributed by atoms with Gasteiger partial charge in [0.05, 0.1) is 38.0 Å². The Morgan fingerprint density at radius 1 is 1.07 bits per heavy atom. The van der Waals surface area contributed by atoms with Crippen molar-refractivity contribution in [2.45, 2.75) is 95.8 Å². The summed E-state index contributed by atoms with van der Waals surface area (Å²) < 4.78 is 16.7. The zero-order valence-corrected chi connectivity index (χ0v) is 27.1. The molecule has 2 aliphatic carbocycles. The van der Waals surface area contributed by atoms with Crippen molar-refractivity contribution in [2.75, 3.05) is 20.2 Å². The van der Waals surface area contributed by atoms with Gasteiger partial charge in [-0.1, -0.05) is 19.1 Å². The summed E-state index contributed by atoms with van der Waals surface area (Å²) in [6.45, 7) is 4.75. The molecule has 1 unspecified atom stereocenters. The van der Waals surface area contributed by atoms with Crippen LogP contribution in [-0.2, 0) is 16.0 Å². The summed E-state index contributed by atoms with van der Waals surface area (Å²) in [6, 6.07) is 10.3. The molecule has 46 heavy (non-hydrogen) atoms. The second-order valence-electron chi connectivity index (χ2n) is 13.2. The SMILES string of the molecule is CCc1nc(-c2ccnc(C(NC(=O)C3CCC(OC(=O)N4CC(O)C4)CC3)C3CCC(c4ccc(OC)c(C)c4)CC3)c2)co1. The maximum absolute atomic E-state index is 13.8. The van der Waals surface area contributed by atoms with Crippen LogP contribution in [0.3, 0.4) is 0 Å². The number of carbonyl (C=O) groups is 2. The highest BCUT2D eigenvalue weighted by molar-refractivity contribution is 5.79. The number of carbonyl (C=O) groups excluding carboxylic acids is 2. The van der Waals surface area contributed by atoms with Gasteiger partial charge in [0.1, 0.15) is 23.8 Å². The molecule has 2 amide bonds. The van der Waals surface area contributed by atoms with E-state index in [1.165, 1.54) is 10.5 Å². The van der Waals surface area contributed by atoms with Gasteiger partial charge in [-0.05, 0) is 99.5 Å². The van der Waals surface area contributed by atoms with Gasteiger partial charge in [-0.3, -0.25) is 9.78 Å². The van der Waals surface area contributed by atoms with Crippen molar-refractivity contribution in [1.29, 1.82) is 0 Å². The molecule has 3 aromatic rings. The molecule has 3 heterocycles. The Hall–Kier alpha value is -3.92. The van der Waals surface area contributed by atoms with E-state index in [2.05, 4.69) is 35.4 Å². The second-order valence-corrected chi connectivity index (χ2v) is 13.2. The first-order valence-electron chi connectivity index (χ1n) is 16.8. The quantitative estimate of drug-likeness (QED) is 0.290. The van der Waals surface area contributed by atoms with Gasteiger partial charge < -0.3 is 29.2 Å². The summed E-state index contributed by atoms with van der Waals surface area (Å²) in [7, 11) is 1.71. The van der Waals surface area contributed by atoms with Gasteiger partial charge in [0, 0.05) is 24.1 Å². The average molecular weight is 631 g/mol. The van der Waals surface area contributed by atoms with Crippen LogP contribution < -0.4 is 10.1 Å². The van der Waals surface area contributed by atoms with Crippen molar-refractivity contribution in [1.82, 2.24) is 20.2 Å². The molecule has 3 fully saturated rings. The number of pyridine rings is 1. The number of oxazole rings is 1. The van der Waals surface area contributed by atoms with E-state index >= 15 is 0 Å². The molecule has 10 nitrogen and oxygen atoms in total. The third-order valence-electron chi connectivity index (χ3n) is 10.1. The lowest BCUT2D eigenvalue weighted by Gasteiger charge is -2.37. The molecule has 2 aromatic heterocycles. The van der Waals surface area contributed by atoms with Gasteiger partial charge in [0.2, 0.25) is 5.91 Å². The number of nitrogens with zero attached hydrogens (tertiary/aromatic N) is 3. The molecule has 10 heteroatoms. The van der Waals surface area contributed by atoms with Gasteiger partial charge in [0.15, 0.2) is 5.89 Å². The van der Waals surface area contributed by atoms with E-state index in [-0.39, 0.29) is 36.0 Å². The van der Waals surface area contributed by atoms with Crippen molar-refractivity contribution in [3.63, 3.8) is 0 Å². The smallest absolute Gasteiger partial charge is 0.410 e. The Bertz CT molecular complexity index is 1500. The second kappa shape index (κ2) is 14.2. The Kier molecular flexibility index (Phi) is 9.92. The van der Waals surface area contributed by atoms with E-state index < -0.39 is 6.10 Å². The van der Waals surface area contributed by atoms with Gasteiger partial charge in [-0.2, -0.15) is 0 Å². The van der Waals surface area contributed by atoms with Crippen LogP contribution in [0.2, 0.25) is 0 Å². The van der Waals surface area contributed by atoms with Gasteiger partial charge in [-0.25, -0.2) is 9.78 Å². The number of likely N-dealkylation sites (tertiary alicyclic amines) is 1. The number of rotatable bonds is 9. The molecule has 2 N–H and O–H groups in total. The number of hydrogen-bond acceptors (Lipinski definition) is 8. The lowest BCUT2D eigenvalue weighted by Crippen LogP contribution is -2.54.